The number of rotatable bonds is 6. The highest BCUT2D eigenvalue weighted by atomic mass is 16.5. The minimum atomic E-state index is -1.86. The van der Waals surface area contributed by atoms with Gasteiger partial charge in [0.15, 0.2) is 5.60 Å². The fourth-order valence-corrected chi connectivity index (χ4v) is 4.14. The average molecular weight is 487 g/mol. The molecule has 0 bridgehead atoms. The number of anilines is 1. The van der Waals surface area contributed by atoms with Crippen molar-refractivity contribution in [1.82, 2.24) is 5.16 Å². The fraction of sp³-hybridized carbons (Fsp3) is 0.276. The maximum Gasteiger partial charge on any atom is 0.366 e. The van der Waals surface area contributed by atoms with Crippen molar-refractivity contribution >= 4 is 22.4 Å². The molecule has 0 aliphatic rings. The van der Waals surface area contributed by atoms with E-state index in [1.165, 1.54) is 0 Å². The first-order valence-electron chi connectivity index (χ1n) is 11.7. The topological polar surface area (TPSA) is 102 Å². The molecule has 3 aromatic carbocycles. The number of aliphatic hydroxyl groups is 1. The van der Waals surface area contributed by atoms with Gasteiger partial charge in [-0.3, -0.25) is 4.79 Å². The number of aryl methyl sites for hydroxylation is 1. The quantitative estimate of drug-likeness (QED) is 0.403. The van der Waals surface area contributed by atoms with Crippen LogP contribution in [0.4, 0.5) is 5.69 Å². The van der Waals surface area contributed by atoms with E-state index in [0.29, 0.717) is 33.5 Å². The lowest BCUT2D eigenvalue weighted by Gasteiger charge is -2.29. The third-order valence-electron chi connectivity index (χ3n) is 6.38. The molecule has 0 saturated heterocycles. The largest absolute Gasteiger partial charge is 0.497 e. The molecule has 0 spiro atoms. The van der Waals surface area contributed by atoms with Gasteiger partial charge in [0.25, 0.3) is 5.91 Å². The molecule has 0 saturated carbocycles. The molecule has 186 valence electrons. The molecule has 0 radical (unpaired) electrons. The normalized spacial score (nSPS) is 13.3. The molecule has 4 aromatic rings. The lowest BCUT2D eigenvalue weighted by atomic mass is 9.82. The van der Waals surface area contributed by atoms with E-state index in [0.717, 1.165) is 11.1 Å². The van der Waals surface area contributed by atoms with E-state index in [2.05, 4.69) is 31.2 Å². The van der Waals surface area contributed by atoms with Crippen molar-refractivity contribution in [1.29, 1.82) is 0 Å². The van der Waals surface area contributed by atoms with Gasteiger partial charge in [-0.25, -0.2) is 4.79 Å². The molecule has 0 fully saturated rings. The molecule has 36 heavy (non-hydrogen) atoms. The van der Waals surface area contributed by atoms with Crippen LogP contribution in [-0.4, -0.2) is 23.3 Å². The number of methoxy groups -OCH3 is 1. The van der Waals surface area contributed by atoms with Gasteiger partial charge in [-0.05, 0) is 59.4 Å². The van der Waals surface area contributed by atoms with Gasteiger partial charge in [-0.15, -0.1) is 0 Å². The van der Waals surface area contributed by atoms with E-state index in [1.807, 2.05) is 24.3 Å². The maximum absolute atomic E-state index is 13.7. The van der Waals surface area contributed by atoms with Crippen LogP contribution in [0.2, 0.25) is 0 Å². The summed E-state index contributed by atoms with van der Waals surface area (Å²) >= 11 is 0. The molecule has 1 unspecified atom stereocenters. The van der Waals surface area contributed by atoms with E-state index in [4.69, 9.17) is 9.26 Å². The van der Waals surface area contributed by atoms with Crippen LogP contribution in [0.25, 0.3) is 10.8 Å². The van der Waals surface area contributed by atoms with Crippen molar-refractivity contribution in [2.45, 2.75) is 45.1 Å². The van der Waals surface area contributed by atoms with Crippen LogP contribution < -0.4 is 15.7 Å². The number of carbonyl (C=O) groups is 1. The first-order chi connectivity index (χ1) is 17.0. The minimum absolute atomic E-state index is 0.0510. The molecule has 4 rings (SSSR count). The molecular formula is C29H30N2O5. The molecule has 1 heterocycles. The Kier molecular flexibility index (Phi) is 6.69. The number of hydrogen-bond acceptors (Lipinski definition) is 6. The smallest absolute Gasteiger partial charge is 0.366 e. The maximum atomic E-state index is 13.7. The van der Waals surface area contributed by atoms with Crippen LogP contribution in [0.15, 0.2) is 76.0 Å². The number of nitrogens with one attached hydrogen (secondary N) is 1. The Bertz CT molecular complexity index is 1450. The molecule has 0 aliphatic carbocycles. The number of ether oxygens (including phenoxy) is 1. The molecular weight excluding hydrogens is 456 g/mol. The number of carbonyl (C=O) groups excluding carboxylic acids is 1. The SMILES string of the molecule is COc1ccc(CC(O)(C(=O)Nc2ccc3c(=O)onc(C)c3c2)c2ccc(C(C)(C)C)cc2)cc1. The Labute approximate surface area is 209 Å². The zero-order chi connectivity index (χ0) is 26.1. The Morgan fingerprint density at radius 3 is 2.22 bits per heavy atom. The van der Waals surface area contributed by atoms with Crippen LogP contribution in [0.3, 0.4) is 0 Å². The van der Waals surface area contributed by atoms with Gasteiger partial charge in [0.05, 0.1) is 18.2 Å². The highest BCUT2D eigenvalue weighted by molar-refractivity contribution is 6.00. The predicted octanol–water partition coefficient (Wildman–Crippen LogP) is 4.87. The first-order valence-corrected chi connectivity index (χ1v) is 11.7. The Balaban J connectivity index is 1.72. The molecule has 1 aromatic heterocycles. The number of benzene rings is 3. The van der Waals surface area contributed by atoms with E-state index in [-0.39, 0.29) is 11.8 Å². The van der Waals surface area contributed by atoms with Gasteiger partial charge in [-0.1, -0.05) is 62.3 Å². The van der Waals surface area contributed by atoms with Crippen molar-refractivity contribution in [2.75, 3.05) is 12.4 Å². The summed E-state index contributed by atoms with van der Waals surface area (Å²) in [5.74, 6) is 0.0978. The Morgan fingerprint density at radius 1 is 0.972 bits per heavy atom. The van der Waals surface area contributed by atoms with Gasteiger partial charge in [0.2, 0.25) is 0 Å². The zero-order valence-electron chi connectivity index (χ0n) is 21.1. The van der Waals surface area contributed by atoms with Crippen molar-refractivity contribution in [3.63, 3.8) is 0 Å². The number of amides is 1. The van der Waals surface area contributed by atoms with Gasteiger partial charge in [0, 0.05) is 17.5 Å². The third kappa shape index (κ3) is 5.02. The van der Waals surface area contributed by atoms with Gasteiger partial charge >= 0.3 is 5.63 Å². The van der Waals surface area contributed by atoms with E-state index >= 15 is 0 Å². The van der Waals surface area contributed by atoms with Crippen LogP contribution >= 0.6 is 0 Å². The molecule has 1 atom stereocenters. The fourth-order valence-electron chi connectivity index (χ4n) is 4.14. The average Bonchev–Trinajstić information content (AvgIpc) is 2.86. The summed E-state index contributed by atoms with van der Waals surface area (Å²) < 4.78 is 10.0. The number of hydrogen-bond donors (Lipinski definition) is 2. The molecule has 7 heteroatoms. The minimum Gasteiger partial charge on any atom is -0.497 e. The second-order valence-corrected chi connectivity index (χ2v) is 9.98. The number of nitrogens with zero attached hydrogens (tertiary/aromatic N) is 1. The summed E-state index contributed by atoms with van der Waals surface area (Å²) in [7, 11) is 1.58. The van der Waals surface area contributed by atoms with Crippen molar-refractivity contribution in [3.05, 3.63) is 99.5 Å². The molecule has 7 nitrogen and oxygen atoms in total. The molecule has 2 N–H and O–H groups in total. The first kappa shape index (κ1) is 25.1. The van der Waals surface area contributed by atoms with Crippen molar-refractivity contribution in [3.8, 4) is 5.75 Å². The molecule has 0 aliphatic heterocycles. The summed E-state index contributed by atoms with van der Waals surface area (Å²) in [5.41, 5.74) is 0.807. The number of aromatic nitrogens is 1. The summed E-state index contributed by atoms with van der Waals surface area (Å²) in [6.07, 6.45) is 0.0510. The van der Waals surface area contributed by atoms with Crippen LogP contribution in [0.5, 0.6) is 5.75 Å². The Hall–Kier alpha value is -3.97. The monoisotopic (exact) mass is 486 g/mol. The van der Waals surface area contributed by atoms with Crippen molar-refractivity contribution in [2.24, 2.45) is 0 Å². The van der Waals surface area contributed by atoms with Crippen LogP contribution in [0, 0.1) is 6.92 Å². The summed E-state index contributed by atoms with van der Waals surface area (Å²) in [6.45, 7) is 8.04. The van der Waals surface area contributed by atoms with Gasteiger partial charge < -0.3 is 19.7 Å². The highest BCUT2D eigenvalue weighted by Gasteiger charge is 2.38. The van der Waals surface area contributed by atoms with Crippen LogP contribution in [-0.2, 0) is 22.2 Å². The lowest BCUT2D eigenvalue weighted by Crippen LogP contribution is -2.42. The lowest BCUT2D eigenvalue weighted by molar-refractivity contribution is -0.135. The van der Waals surface area contributed by atoms with E-state index in [9.17, 15) is 14.7 Å². The van der Waals surface area contributed by atoms with E-state index in [1.54, 1.807) is 56.5 Å². The zero-order valence-corrected chi connectivity index (χ0v) is 21.1. The van der Waals surface area contributed by atoms with Gasteiger partial charge in [-0.2, -0.15) is 0 Å². The van der Waals surface area contributed by atoms with E-state index < -0.39 is 17.1 Å². The Morgan fingerprint density at radius 2 is 1.61 bits per heavy atom. The van der Waals surface area contributed by atoms with Gasteiger partial charge in [0.1, 0.15) is 5.75 Å². The standard InChI is InChI=1S/C29H30N2O5/c1-18-25-16-22(12-15-24(25)26(32)36-31-18)30-27(33)29(34,17-19-6-13-23(35-5)14-7-19)21-10-8-20(9-11-21)28(2,3)4/h6-16,34H,17H2,1-5H3,(H,30,33). The second-order valence-electron chi connectivity index (χ2n) is 9.98. The summed E-state index contributed by atoms with van der Waals surface area (Å²) in [6, 6.07) is 19.5. The third-order valence-corrected chi connectivity index (χ3v) is 6.38. The van der Waals surface area contributed by atoms with Crippen molar-refractivity contribution < 1.29 is 19.2 Å². The predicted molar refractivity (Wildman–Crippen MR) is 139 cm³/mol. The highest BCUT2D eigenvalue weighted by Crippen LogP contribution is 2.31. The van der Waals surface area contributed by atoms with Crippen LogP contribution in [0.1, 0.15) is 43.2 Å². The summed E-state index contributed by atoms with van der Waals surface area (Å²) in [4.78, 5) is 25.6. The number of fused-ring (bicyclic) bond motifs is 1. The molecule has 1 amide bonds. The summed E-state index contributed by atoms with van der Waals surface area (Å²) in [5, 5.41) is 19.4. The second kappa shape index (κ2) is 9.59.